The molecule has 1 aromatic heterocycles. The first-order chi connectivity index (χ1) is 15.0. The number of nitrogens with one attached hydrogen (secondary N) is 1. The number of nitrogens with zero attached hydrogens (tertiary/aromatic N) is 5. The third kappa shape index (κ3) is 4.30. The molecule has 3 aromatic rings. The van der Waals surface area contributed by atoms with Crippen LogP contribution in [-0.4, -0.2) is 39.9 Å². The number of aromatic nitrogens is 2. The number of carbonyl (C=O) groups is 1. The van der Waals surface area contributed by atoms with E-state index < -0.39 is 10.8 Å². The highest BCUT2D eigenvalue weighted by Crippen LogP contribution is 2.29. The van der Waals surface area contributed by atoms with Gasteiger partial charge >= 0.3 is 0 Å². The number of para-hydroxylation sites is 1. The van der Waals surface area contributed by atoms with E-state index in [-0.39, 0.29) is 11.3 Å². The molecule has 0 unspecified atom stereocenters. The summed E-state index contributed by atoms with van der Waals surface area (Å²) in [5.74, 6) is 0.422. The average molecular weight is 418 g/mol. The summed E-state index contributed by atoms with van der Waals surface area (Å²) in [5, 5.41) is 19.8. The second kappa shape index (κ2) is 8.78. The van der Waals surface area contributed by atoms with Crippen molar-refractivity contribution in [2.75, 3.05) is 18.0 Å². The minimum Gasteiger partial charge on any atom is -0.356 e. The predicted molar refractivity (Wildman–Crippen MR) is 118 cm³/mol. The Morgan fingerprint density at radius 3 is 2.61 bits per heavy atom. The monoisotopic (exact) mass is 418 g/mol. The van der Waals surface area contributed by atoms with Gasteiger partial charge in [0.2, 0.25) is 0 Å². The van der Waals surface area contributed by atoms with Crippen LogP contribution in [0.2, 0.25) is 0 Å². The Kier molecular flexibility index (Phi) is 5.74. The predicted octanol–water partition coefficient (Wildman–Crippen LogP) is 3.45. The number of carbonyl (C=O) groups excluding carboxylic acids is 1. The van der Waals surface area contributed by atoms with Crippen molar-refractivity contribution in [2.24, 2.45) is 5.10 Å². The SMILES string of the molecule is Cc1nn(-c2ccccc2)c(N2CCCC2)c1/C=N/NC(=O)c1cccc([N+](=O)[O-])c1. The van der Waals surface area contributed by atoms with Crippen LogP contribution in [0, 0.1) is 17.0 Å². The van der Waals surface area contributed by atoms with E-state index in [0.29, 0.717) is 0 Å². The standard InChI is InChI=1S/C22H22N6O3/c1-16-20(15-23-24-21(29)17-8-7-11-19(14-17)28(30)31)22(26-12-5-6-13-26)27(25-16)18-9-3-2-4-10-18/h2-4,7-11,14-15H,5-6,12-13H2,1H3,(H,24,29)/b23-15+. The van der Waals surface area contributed by atoms with Gasteiger partial charge < -0.3 is 4.90 Å². The number of nitro benzene ring substituents is 1. The van der Waals surface area contributed by atoms with Gasteiger partial charge in [-0.3, -0.25) is 14.9 Å². The van der Waals surface area contributed by atoms with E-state index in [0.717, 1.165) is 48.7 Å². The molecule has 2 heterocycles. The number of hydrogen-bond donors (Lipinski definition) is 1. The Morgan fingerprint density at radius 2 is 1.90 bits per heavy atom. The van der Waals surface area contributed by atoms with Crippen LogP contribution in [0.25, 0.3) is 5.69 Å². The highest BCUT2D eigenvalue weighted by molar-refractivity contribution is 5.96. The smallest absolute Gasteiger partial charge is 0.271 e. The zero-order valence-electron chi connectivity index (χ0n) is 17.1. The van der Waals surface area contributed by atoms with Crippen LogP contribution in [0.3, 0.4) is 0 Å². The molecule has 0 aliphatic carbocycles. The van der Waals surface area contributed by atoms with Crippen LogP contribution in [-0.2, 0) is 0 Å². The first kappa shape index (κ1) is 20.3. The zero-order chi connectivity index (χ0) is 21.8. The van der Waals surface area contributed by atoms with Crippen molar-refractivity contribution in [2.45, 2.75) is 19.8 Å². The van der Waals surface area contributed by atoms with Crippen LogP contribution in [0.5, 0.6) is 0 Å². The third-order valence-electron chi connectivity index (χ3n) is 5.17. The summed E-state index contributed by atoms with van der Waals surface area (Å²) in [4.78, 5) is 25.0. The highest BCUT2D eigenvalue weighted by atomic mass is 16.6. The van der Waals surface area contributed by atoms with E-state index >= 15 is 0 Å². The molecule has 1 saturated heterocycles. The van der Waals surface area contributed by atoms with Gasteiger partial charge in [0, 0.05) is 30.8 Å². The first-order valence-corrected chi connectivity index (χ1v) is 10.0. The van der Waals surface area contributed by atoms with Gasteiger partial charge in [0.25, 0.3) is 11.6 Å². The number of non-ortho nitro benzene ring substituents is 1. The first-order valence-electron chi connectivity index (χ1n) is 10.0. The maximum Gasteiger partial charge on any atom is 0.271 e. The molecule has 2 aromatic carbocycles. The van der Waals surface area contributed by atoms with Crippen molar-refractivity contribution in [1.82, 2.24) is 15.2 Å². The summed E-state index contributed by atoms with van der Waals surface area (Å²) < 4.78 is 1.91. The normalized spacial score (nSPS) is 13.6. The molecular weight excluding hydrogens is 396 g/mol. The lowest BCUT2D eigenvalue weighted by atomic mass is 10.2. The lowest BCUT2D eigenvalue weighted by molar-refractivity contribution is -0.384. The highest BCUT2D eigenvalue weighted by Gasteiger charge is 2.23. The fourth-order valence-corrected chi connectivity index (χ4v) is 3.64. The molecule has 0 atom stereocenters. The zero-order valence-corrected chi connectivity index (χ0v) is 17.1. The molecule has 158 valence electrons. The molecule has 0 bridgehead atoms. The summed E-state index contributed by atoms with van der Waals surface area (Å²) in [7, 11) is 0. The van der Waals surface area contributed by atoms with Gasteiger partial charge in [-0.1, -0.05) is 24.3 Å². The number of rotatable bonds is 6. The molecule has 31 heavy (non-hydrogen) atoms. The van der Waals surface area contributed by atoms with E-state index in [2.05, 4.69) is 15.4 Å². The van der Waals surface area contributed by atoms with Gasteiger partial charge in [-0.05, 0) is 38.0 Å². The average Bonchev–Trinajstić information content (AvgIpc) is 3.42. The van der Waals surface area contributed by atoms with Crippen molar-refractivity contribution < 1.29 is 9.72 Å². The maximum absolute atomic E-state index is 12.4. The van der Waals surface area contributed by atoms with Crippen LogP contribution in [0.4, 0.5) is 11.5 Å². The van der Waals surface area contributed by atoms with Crippen molar-refractivity contribution in [3.63, 3.8) is 0 Å². The number of anilines is 1. The fourth-order valence-electron chi connectivity index (χ4n) is 3.64. The number of hydrazone groups is 1. The molecule has 0 saturated carbocycles. The van der Waals surface area contributed by atoms with Crippen molar-refractivity contribution in [3.8, 4) is 5.69 Å². The summed E-state index contributed by atoms with van der Waals surface area (Å²) >= 11 is 0. The van der Waals surface area contributed by atoms with Gasteiger partial charge in [0.05, 0.1) is 28.1 Å². The van der Waals surface area contributed by atoms with Crippen LogP contribution >= 0.6 is 0 Å². The number of nitro groups is 1. The molecule has 0 radical (unpaired) electrons. The van der Waals surface area contributed by atoms with E-state index in [4.69, 9.17) is 5.10 Å². The Hall–Kier alpha value is -4.01. The van der Waals surface area contributed by atoms with E-state index in [1.54, 1.807) is 6.21 Å². The van der Waals surface area contributed by atoms with Crippen LogP contribution in [0.15, 0.2) is 59.7 Å². The van der Waals surface area contributed by atoms with E-state index in [9.17, 15) is 14.9 Å². The maximum atomic E-state index is 12.4. The second-order valence-electron chi connectivity index (χ2n) is 7.27. The molecule has 9 nitrogen and oxygen atoms in total. The lowest BCUT2D eigenvalue weighted by Gasteiger charge is -2.20. The Balaban J connectivity index is 1.61. The minimum atomic E-state index is -0.538. The molecule has 1 N–H and O–H groups in total. The lowest BCUT2D eigenvalue weighted by Crippen LogP contribution is -2.23. The van der Waals surface area contributed by atoms with E-state index in [1.165, 1.54) is 24.3 Å². The number of aryl methyl sites for hydroxylation is 1. The van der Waals surface area contributed by atoms with Crippen molar-refractivity contribution >= 4 is 23.6 Å². The Labute approximate surface area is 179 Å². The van der Waals surface area contributed by atoms with Crippen molar-refractivity contribution in [3.05, 3.63) is 81.5 Å². The molecule has 1 aliphatic rings. The molecule has 1 aliphatic heterocycles. The Morgan fingerprint density at radius 1 is 1.16 bits per heavy atom. The second-order valence-corrected chi connectivity index (χ2v) is 7.27. The topological polar surface area (TPSA) is 106 Å². The summed E-state index contributed by atoms with van der Waals surface area (Å²) in [6.07, 6.45) is 3.81. The molecular formula is C22H22N6O3. The molecule has 9 heteroatoms. The number of hydrogen-bond acceptors (Lipinski definition) is 6. The fraction of sp³-hybridized carbons (Fsp3) is 0.227. The van der Waals surface area contributed by atoms with Gasteiger partial charge in [0.1, 0.15) is 5.82 Å². The Bertz CT molecular complexity index is 1130. The third-order valence-corrected chi connectivity index (χ3v) is 5.17. The molecule has 4 rings (SSSR count). The van der Waals surface area contributed by atoms with Crippen LogP contribution < -0.4 is 10.3 Å². The number of benzene rings is 2. The van der Waals surface area contributed by atoms with Gasteiger partial charge in [-0.15, -0.1) is 0 Å². The molecule has 1 amide bonds. The van der Waals surface area contributed by atoms with Gasteiger partial charge in [-0.25, -0.2) is 10.1 Å². The summed E-state index contributed by atoms with van der Waals surface area (Å²) in [6, 6.07) is 15.4. The molecule has 0 spiro atoms. The van der Waals surface area contributed by atoms with Crippen molar-refractivity contribution in [1.29, 1.82) is 0 Å². The quantitative estimate of drug-likeness (QED) is 0.375. The largest absolute Gasteiger partial charge is 0.356 e. The van der Waals surface area contributed by atoms with Crippen LogP contribution in [0.1, 0.15) is 34.5 Å². The van der Waals surface area contributed by atoms with Gasteiger partial charge in [0.15, 0.2) is 0 Å². The summed E-state index contributed by atoms with van der Waals surface area (Å²) in [5.41, 5.74) is 5.05. The summed E-state index contributed by atoms with van der Waals surface area (Å²) in [6.45, 7) is 3.76. The minimum absolute atomic E-state index is 0.145. The van der Waals surface area contributed by atoms with E-state index in [1.807, 2.05) is 41.9 Å². The number of amides is 1. The molecule has 1 fully saturated rings. The van der Waals surface area contributed by atoms with Gasteiger partial charge in [-0.2, -0.15) is 10.2 Å².